The van der Waals surface area contributed by atoms with Crippen LogP contribution in [0.2, 0.25) is 0 Å². The van der Waals surface area contributed by atoms with Crippen LogP contribution in [-0.2, 0) is 4.79 Å². The normalized spacial score (nSPS) is 44.5. The molecule has 3 rings (SSSR count). The Morgan fingerprint density at radius 1 is 1.33 bits per heavy atom. The van der Waals surface area contributed by atoms with Gasteiger partial charge in [0.05, 0.1) is 0 Å². The number of carbonyl (C=O) groups excluding carboxylic acids is 1. The van der Waals surface area contributed by atoms with Crippen molar-refractivity contribution in [2.45, 2.75) is 38.5 Å². The summed E-state index contributed by atoms with van der Waals surface area (Å²) in [6.07, 6.45) is 9.61. The third-order valence-electron chi connectivity index (χ3n) is 4.16. The molecule has 0 saturated heterocycles. The predicted octanol–water partition coefficient (Wildman–Crippen LogP) is 2.47. The summed E-state index contributed by atoms with van der Waals surface area (Å²) < 4.78 is 0. The molecule has 2 fully saturated rings. The molecule has 0 aromatic rings. The smallest absolute Gasteiger partial charge is 0.159 e. The minimum Gasteiger partial charge on any atom is -0.295 e. The fourth-order valence-corrected chi connectivity index (χ4v) is 3.39. The Labute approximate surface area is 72.8 Å². The molecule has 64 valence electrons. The molecule has 2 unspecified atom stereocenters. The number of hydrogen-bond acceptors (Lipinski definition) is 1. The van der Waals surface area contributed by atoms with E-state index in [0.29, 0.717) is 17.1 Å². The molecule has 1 nitrogen and oxygen atoms in total. The van der Waals surface area contributed by atoms with Gasteiger partial charge in [0, 0.05) is 11.3 Å². The van der Waals surface area contributed by atoms with E-state index in [1.807, 2.05) is 6.08 Å². The Balaban J connectivity index is 2.03. The Kier molecular flexibility index (Phi) is 1.15. The van der Waals surface area contributed by atoms with Crippen LogP contribution in [0.4, 0.5) is 0 Å². The lowest BCUT2D eigenvalue weighted by atomic mass is 9.54. The zero-order chi connectivity index (χ0) is 8.18. The topological polar surface area (TPSA) is 17.1 Å². The van der Waals surface area contributed by atoms with Crippen LogP contribution in [0, 0.1) is 11.3 Å². The lowest BCUT2D eigenvalue weighted by Gasteiger charge is -2.49. The van der Waals surface area contributed by atoms with Crippen molar-refractivity contribution in [1.82, 2.24) is 0 Å². The average molecular weight is 162 g/mol. The van der Waals surface area contributed by atoms with Gasteiger partial charge in [-0.05, 0) is 38.2 Å². The maximum Gasteiger partial charge on any atom is 0.159 e. The summed E-state index contributed by atoms with van der Waals surface area (Å²) in [5.41, 5.74) is 1.92. The van der Waals surface area contributed by atoms with E-state index in [1.54, 1.807) is 0 Å². The van der Waals surface area contributed by atoms with Gasteiger partial charge >= 0.3 is 0 Å². The van der Waals surface area contributed by atoms with E-state index in [0.717, 1.165) is 0 Å². The fraction of sp³-hybridized carbons (Fsp3) is 0.727. The second-order valence-corrected chi connectivity index (χ2v) is 4.53. The van der Waals surface area contributed by atoms with E-state index in [1.165, 1.54) is 44.1 Å². The Hall–Kier alpha value is -0.590. The molecule has 0 bridgehead atoms. The molecule has 0 aromatic heterocycles. The molecule has 0 amide bonds. The van der Waals surface area contributed by atoms with Crippen LogP contribution in [0.15, 0.2) is 11.6 Å². The van der Waals surface area contributed by atoms with Crippen LogP contribution < -0.4 is 0 Å². The summed E-state index contributed by atoms with van der Waals surface area (Å²) in [5.74, 6) is 0.867. The molecule has 0 aliphatic heterocycles. The number of ketones is 1. The molecule has 0 N–H and O–H groups in total. The largest absolute Gasteiger partial charge is 0.295 e. The van der Waals surface area contributed by atoms with E-state index in [9.17, 15) is 4.79 Å². The first-order chi connectivity index (χ1) is 5.83. The zero-order valence-corrected chi connectivity index (χ0v) is 7.31. The third-order valence-corrected chi connectivity index (χ3v) is 4.16. The minimum atomic E-state index is 0.412. The summed E-state index contributed by atoms with van der Waals surface area (Å²) in [7, 11) is 0. The summed E-state index contributed by atoms with van der Waals surface area (Å²) in [4.78, 5) is 11.5. The highest BCUT2D eigenvalue weighted by Gasteiger charge is 2.55. The first kappa shape index (κ1) is 6.88. The first-order valence-corrected chi connectivity index (χ1v) is 5.08. The molecule has 2 atom stereocenters. The van der Waals surface area contributed by atoms with Crippen molar-refractivity contribution in [3.63, 3.8) is 0 Å². The van der Waals surface area contributed by atoms with Gasteiger partial charge in [0.15, 0.2) is 5.78 Å². The van der Waals surface area contributed by atoms with Crippen LogP contribution >= 0.6 is 0 Å². The highest BCUT2D eigenvalue weighted by molar-refractivity contribution is 5.97. The molecule has 0 heterocycles. The Bertz CT molecular complexity index is 277. The molecule has 12 heavy (non-hydrogen) atoms. The molecule has 1 spiro atoms. The SMILES string of the molecule is O=C1C=C2CCCCC23CCC13. The third kappa shape index (κ3) is 0.596. The van der Waals surface area contributed by atoms with Gasteiger partial charge in [-0.25, -0.2) is 0 Å². The average Bonchev–Trinajstić information content (AvgIpc) is 2.20. The minimum absolute atomic E-state index is 0.412. The van der Waals surface area contributed by atoms with E-state index >= 15 is 0 Å². The van der Waals surface area contributed by atoms with E-state index in [2.05, 4.69) is 0 Å². The van der Waals surface area contributed by atoms with Crippen LogP contribution in [0.5, 0.6) is 0 Å². The van der Waals surface area contributed by atoms with Gasteiger partial charge in [-0.2, -0.15) is 0 Å². The summed E-state index contributed by atoms with van der Waals surface area (Å²) in [6, 6.07) is 0. The molecule has 0 radical (unpaired) electrons. The van der Waals surface area contributed by atoms with Crippen LogP contribution in [0.25, 0.3) is 0 Å². The fourth-order valence-electron chi connectivity index (χ4n) is 3.39. The highest BCUT2D eigenvalue weighted by Crippen LogP contribution is 2.62. The van der Waals surface area contributed by atoms with E-state index in [4.69, 9.17) is 0 Å². The second kappa shape index (κ2) is 2.01. The van der Waals surface area contributed by atoms with Crippen molar-refractivity contribution >= 4 is 5.78 Å². The van der Waals surface area contributed by atoms with Crippen LogP contribution in [0.1, 0.15) is 38.5 Å². The lowest BCUT2D eigenvalue weighted by Crippen LogP contribution is -2.42. The molecule has 2 saturated carbocycles. The molecular weight excluding hydrogens is 148 g/mol. The monoisotopic (exact) mass is 162 g/mol. The summed E-state index contributed by atoms with van der Waals surface area (Å²) in [6.45, 7) is 0. The van der Waals surface area contributed by atoms with Gasteiger partial charge in [0.1, 0.15) is 0 Å². The number of allylic oxidation sites excluding steroid dienone is 2. The van der Waals surface area contributed by atoms with Crippen molar-refractivity contribution in [2.24, 2.45) is 11.3 Å². The number of carbonyl (C=O) groups is 1. The quantitative estimate of drug-likeness (QED) is 0.534. The van der Waals surface area contributed by atoms with Gasteiger partial charge in [-0.15, -0.1) is 0 Å². The van der Waals surface area contributed by atoms with Crippen LogP contribution in [-0.4, -0.2) is 5.78 Å². The zero-order valence-electron chi connectivity index (χ0n) is 7.31. The molecule has 1 heteroatoms. The van der Waals surface area contributed by atoms with Gasteiger partial charge in [0.25, 0.3) is 0 Å². The standard InChI is InChI=1S/C11H14O/c12-10-7-8-3-1-2-5-11(8)6-4-9(10)11/h7,9H,1-6H2. The lowest BCUT2D eigenvalue weighted by molar-refractivity contribution is -0.124. The highest BCUT2D eigenvalue weighted by atomic mass is 16.1. The molecular formula is C11H14O. The number of rotatable bonds is 0. The van der Waals surface area contributed by atoms with Crippen molar-refractivity contribution in [3.05, 3.63) is 11.6 Å². The van der Waals surface area contributed by atoms with Gasteiger partial charge < -0.3 is 0 Å². The van der Waals surface area contributed by atoms with Gasteiger partial charge in [-0.3, -0.25) is 4.79 Å². The maximum atomic E-state index is 11.5. The Morgan fingerprint density at radius 2 is 2.25 bits per heavy atom. The maximum absolute atomic E-state index is 11.5. The van der Waals surface area contributed by atoms with Crippen LogP contribution in [0.3, 0.4) is 0 Å². The second-order valence-electron chi connectivity index (χ2n) is 4.53. The van der Waals surface area contributed by atoms with Crippen molar-refractivity contribution in [3.8, 4) is 0 Å². The van der Waals surface area contributed by atoms with Gasteiger partial charge in [-0.1, -0.05) is 12.0 Å². The van der Waals surface area contributed by atoms with Crippen molar-refractivity contribution < 1.29 is 4.79 Å². The summed E-state index contributed by atoms with van der Waals surface area (Å²) >= 11 is 0. The number of hydrogen-bond donors (Lipinski definition) is 0. The summed E-state index contributed by atoms with van der Waals surface area (Å²) in [5, 5.41) is 0. The molecule has 3 aliphatic carbocycles. The van der Waals surface area contributed by atoms with E-state index < -0.39 is 0 Å². The van der Waals surface area contributed by atoms with Crippen molar-refractivity contribution in [2.75, 3.05) is 0 Å². The van der Waals surface area contributed by atoms with E-state index in [-0.39, 0.29) is 0 Å². The predicted molar refractivity (Wildman–Crippen MR) is 46.7 cm³/mol. The Morgan fingerprint density at radius 3 is 2.92 bits per heavy atom. The van der Waals surface area contributed by atoms with Crippen molar-refractivity contribution in [1.29, 1.82) is 0 Å². The molecule has 0 aromatic carbocycles. The van der Waals surface area contributed by atoms with Gasteiger partial charge in [0.2, 0.25) is 0 Å². The molecule has 3 aliphatic rings. The first-order valence-electron chi connectivity index (χ1n) is 5.08.